The van der Waals surface area contributed by atoms with E-state index >= 15 is 0 Å². The van der Waals surface area contributed by atoms with E-state index in [0.717, 1.165) is 6.42 Å². The van der Waals surface area contributed by atoms with Gasteiger partial charge in [-0.25, -0.2) is 0 Å². The first-order valence-corrected chi connectivity index (χ1v) is 7.37. The number of hydrogen-bond acceptors (Lipinski definition) is 4. The third-order valence-electron chi connectivity index (χ3n) is 2.94. The summed E-state index contributed by atoms with van der Waals surface area (Å²) in [6, 6.07) is 4.80. The van der Waals surface area contributed by atoms with Crippen LogP contribution < -0.4 is 16.4 Å². The highest BCUT2D eigenvalue weighted by molar-refractivity contribution is 6.00. The quantitative estimate of drug-likeness (QED) is 0.656. The number of amides is 2. The molecule has 0 atom stereocenters. The molecule has 0 radical (unpaired) electrons. The first-order chi connectivity index (χ1) is 10.5. The molecule has 22 heavy (non-hydrogen) atoms. The summed E-state index contributed by atoms with van der Waals surface area (Å²) in [5.41, 5.74) is 6.74. The van der Waals surface area contributed by atoms with E-state index in [0.29, 0.717) is 36.3 Å². The van der Waals surface area contributed by atoms with E-state index < -0.39 is 0 Å². The Labute approximate surface area is 130 Å². The molecule has 0 saturated carbocycles. The maximum absolute atomic E-state index is 12.1. The summed E-state index contributed by atoms with van der Waals surface area (Å²) >= 11 is 0. The molecular weight excluding hydrogens is 282 g/mol. The van der Waals surface area contributed by atoms with Crippen LogP contribution in [-0.2, 0) is 11.2 Å². The second-order valence-corrected chi connectivity index (χ2v) is 5.10. The molecule has 4 N–H and O–H groups in total. The highest BCUT2D eigenvalue weighted by atomic mass is 16.2. The Bertz CT molecular complexity index is 517. The van der Waals surface area contributed by atoms with Crippen molar-refractivity contribution in [3.8, 4) is 0 Å². The van der Waals surface area contributed by atoms with Crippen molar-refractivity contribution >= 4 is 17.6 Å². The number of carbonyl (C=O) groups is 3. The number of ketones is 1. The molecule has 0 saturated heterocycles. The smallest absolute Gasteiger partial charge is 0.251 e. The van der Waals surface area contributed by atoms with Gasteiger partial charge in [0, 0.05) is 37.2 Å². The summed E-state index contributed by atoms with van der Waals surface area (Å²) < 4.78 is 0. The predicted octanol–water partition coefficient (Wildman–Crippen LogP) is 0.646. The summed E-state index contributed by atoms with van der Waals surface area (Å²) in [6.07, 6.45) is 1.01. The summed E-state index contributed by atoms with van der Waals surface area (Å²) in [4.78, 5) is 35.4. The average molecular weight is 305 g/mol. The van der Waals surface area contributed by atoms with E-state index in [9.17, 15) is 14.4 Å². The molecule has 0 unspecified atom stereocenters. The summed E-state index contributed by atoms with van der Waals surface area (Å²) in [7, 11) is 0. The fourth-order valence-electron chi connectivity index (χ4n) is 1.97. The lowest BCUT2D eigenvalue weighted by molar-refractivity contribution is -0.116. The van der Waals surface area contributed by atoms with Gasteiger partial charge in [-0.15, -0.1) is 0 Å². The van der Waals surface area contributed by atoms with Gasteiger partial charge in [0.15, 0.2) is 0 Å². The van der Waals surface area contributed by atoms with Gasteiger partial charge in [-0.05, 0) is 37.1 Å². The highest BCUT2D eigenvalue weighted by Gasteiger charge is 2.13. The Kier molecular flexibility index (Phi) is 7.25. The number of hydrogen-bond donors (Lipinski definition) is 3. The van der Waals surface area contributed by atoms with Gasteiger partial charge in [0.1, 0.15) is 5.78 Å². The number of Topliss-reactive ketones (excluding diaryl/α,β-unsaturated/α-hetero) is 1. The van der Waals surface area contributed by atoms with E-state index in [1.807, 2.05) is 6.92 Å². The van der Waals surface area contributed by atoms with E-state index in [2.05, 4.69) is 10.6 Å². The third kappa shape index (κ3) is 5.65. The number of rotatable bonds is 8. The van der Waals surface area contributed by atoms with Gasteiger partial charge in [-0.2, -0.15) is 0 Å². The van der Waals surface area contributed by atoms with Crippen molar-refractivity contribution < 1.29 is 14.4 Å². The summed E-state index contributed by atoms with van der Waals surface area (Å²) in [6.45, 7) is 4.68. The molecule has 0 fully saturated rings. The molecule has 1 aromatic carbocycles. The van der Waals surface area contributed by atoms with Crippen molar-refractivity contribution in [2.75, 3.05) is 19.6 Å². The largest absolute Gasteiger partial charge is 0.352 e. The van der Waals surface area contributed by atoms with Gasteiger partial charge in [0.2, 0.25) is 0 Å². The first-order valence-electron chi connectivity index (χ1n) is 7.37. The topological polar surface area (TPSA) is 101 Å². The van der Waals surface area contributed by atoms with Crippen LogP contribution >= 0.6 is 0 Å². The van der Waals surface area contributed by atoms with Crippen LogP contribution in [0.2, 0.25) is 0 Å². The Morgan fingerprint density at radius 2 is 1.55 bits per heavy atom. The normalized spacial score (nSPS) is 10.1. The molecule has 2 amide bonds. The van der Waals surface area contributed by atoms with Gasteiger partial charge in [0.05, 0.1) is 0 Å². The second kappa shape index (κ2) is 8.94. The van der Waals surface area contributed by atoms with Crippen LogP contribution in [0, 0.1) is 0 Å². The monoisotopic (exact) mass is 305 g/mol. The Morgan fingerprint density at radius 1 is 1.00 bits per heavy atom. The van der Waals surface area contributed by atoms with Gasteiger partial charge in [0.25, 0.3) is 11.8 Å². The summed E-state index contributed by atoms with van der Waals surface area (Å²) in [5.74, 6) is -0.583. The van der Waals surface area contributed by atoms with Crippen molar-refractivity contribution in [1.29, 1.82) is 0 Å². The lowest BCUT2D eigenvalue weighted by atomic mass is 10.0. The van der Waals surface area contributed by atoms with Gasteiger partial charge >= 0.3 is 0 Å². The maximum atomic E-state index is 12.1. The zero-order valence-electron chi connectivity index (χ0n) is 13.1. The molecule has 0 aliphatic carbocycles. The molecular formula is C16H23N3O3. The number of nitrogens with one attached hydrogen (secondary N) is 2. The molecule has 1 aromatic rings. The first kappa shape index (κ1) is 17.8. The highest BCUT2D eigenvalue weighted by Crippen LogP contribution is 2.12. The molecule has 0 bridgehead atoms. The van der Waals surface area contributed by atoms with Crippen LogP contribution in [0.3, 0.4) is 0 Å². The van der Waals surface area contributed by atoms with Crippen LogP contribution in [-0.4, -0.2) is 37.2 Å². The van der Waals surface area contributed by atoms with Crippen LogP contribution in [0.4, 0.5) is 0 Å². The van der Waals surface area contributed by atoms with Crippen molar-refractivity contribution in [2.24, 2.45) is 5.73 Å². The standard InChI is InChI=1S/C16H23N3O3/c1-3-5-18-15(21)13-8-12(7-11(2)20)9-14(10-13)16(22)19-6-4-17/h8-10H,3-7,17H2,1-2H3,(H,18,21)(H,19,22). The molecule has 0 aliphatic rings. The zero-order valence-corrected chi connectivity index (χ0v) is 13.1. The van der Waals surface area contributed by atoms with Crippen molar-refractivity contribution in [2.45, 2.75) is 26.7 Å². The number of nitrogens with two attached hydrogens (primary N) is 1. The Balaban J connectivity index is 3.06. The maximum Gasteiger partial charge on any atom is 0.251 e. The predicted molar refractivity (Wildman–Crippen MR) is 84.8 cm³/mol. The lowest BCUT2D eigenvalue weighted by Crippen LogP contribution is -2.30. The van der Waals surface area contributed by atoms with E-state index in [4.69, 9.17) is 5.73 Å². The fraction of sp³-hybridized carbons (Fsp3) is 0.438. The van der Waals surface area contributed by atoms with Crippen LogP contribution in [0.25, 0.3) is 0 Å². The summed E-state index contributed by atoms with van der Waals surface area (Å²) in [5, 5.41) is 5.42. The van der Waals surface area contributed by atoms with Crippen LogP contribution in [0.5, 0.6) is 0 Å². The molecule has 0 heterocycles. The SMILES string of the molecule is CCCNC(=O)c1cc(CC(C)=O)cc(C(=O)NCCN)c1. The molecule has 0 spiro atoms. The minimum atomic E-state index is -0.305. The van der Waals surface area contributed by atoms with E-state index in [1.165, 1.54) is 13.0 Å². The van der Waals surface area contributed by atoms with Crippen molar-refractivity contribution in [3.05, 3.63) is 34.9 Å². The zero-order chi connectivity index (χ0) is 16.5. The number of carbonyl (C=O) groups excluding carboxylic acids is 3. The molecule has 6 nitrogen and oxygen atoms in total. The van der Waals surface area contributed by atoms with Gasteiger partial charge < -0.3 is 16.4 Å². The van der Waals surface area contributed by atoms with Gasteiger partial charge in [-0.1, -0.05) is 6.92 Å². The lowest BCUT2D eigenvalue weighted by Gasteiger charge is -2.10. The fourth-order valence-corrected chi connectivity index (χ4v) is 1.97. The van der Waals surface area contributed by atoms with Gasteiger partial charge in [-0.3, -0.25) is 14.4 Å². The molecule has 0 aromatic heterocycles. The molecule has 1 rings (SSSR count). The molecule has 120 valence electrons. The minimum absolute atomic E-state index is 0.0283. The Hall–Kier alpha value is -2.21. The average Bonchev–Trinajstić information content (AvgIpc) is 2.49. The van der Waals surface area contributed by atoms with Crippen LogP contribution in [0.1, 0.15) is 46.5 Å². The Morgan fingerprint density at radius 3 is 2.00 bits per heavy atom. The second-order valence-electron chi connectivity index (χ2n) is 5.10. The van der Waals surface area contributed by atoms with Crippen molar-refractivity contribution in [3.63, 3.8) is 0 Å². The van der Waals surface area contributed by atoms with Crippen LogP contribution in [0.15, 0.2) is 18.2 Å². The molecule has 0 aliphatic heterocycles. The third-order valence-corrected chi connectivity index (χ3v) is 2.94. The van der Waals surface area contributed by atoms with E-state index in [-0.39, 0.29) is 24.0 Å². The molecule has 6 heteroatoms. The van der Waals surface area contributed by atoms with E-state index in [1.54, 1.807) is 12.1 Å². The number of benzene rings is 1. The van der Waals surface area contributed by atoms with Crippen molar-refractivity contribution in [1.82, 2.24) is 10.6 Å². The minimum Gasteiger partial charge on any atom is -0.352 e.